The zero-order chi connectivity index (χ0) is 16.3. The molecular weight excluding hydrogens is 272 g/mol. The summed E-state index contributed by atoms with van der Waals surface area (Å²) in [5.74, 6) is 0. The van der Waals surface area contributed by atoms with E-state index in [9.17, 15) is 0 Å². The zero-order valence-electron chi connectivity index (χ0n) is 15.5. The topological polar surface area (TPSA) is 38.5 Å². The van der Waals surface area contributed by atoms with E-state index < -0.39 is 0 Å². The third-order valence-electron chi connectivity index (χ3n) is 4.21. The van der Waals surface area contributed by atoms with Crippen molar-refractivity contribution in [1.29, 1.82) is 0 Å². The summed E-state index contributed by atoms with van der Waals surface area (Å²) < 4.78 is 5.71. The van der Waals surface area contributed by atoms with Crippen LogP contribution in [0.5, 0.6) is 0 Å². The molecule has 0 unspecified atom stereocenters. The average molecular weight is 315 g/mol. The molecule has 0 atom stereocenters. The molecular formula is C19H42N2O. The Hall–Kier alpha value is -0.120. The monoisotopic (exact) mass is 314 g/mol. The van der Waals surface area contributed by atoms with Crippen LogP contribution in [0.3, 0.4) is 0 Å². The second-order valence-corrected chi connectivity index (χ2v) is 6.59. The molecule has 134 valence electrons. The van der Waals surface area contributed by atoms with Crippen LogP contribution < -0.4 is 5.73 Å². The molecule has 2 N–H and O–H groups in total. The third kappa shape index (κ3) is 17.9. The van der Waals surface area contributed by atoms with Crippen molar-refractivity contribution in [2.45, 2.75) is 84.0 Å². The Kier molecular flexibility index (Phi) is 18.8. The molecule has 0 aromatic heterocycles. The standard InChI is InChI=1S/C19H42N2O/c1-3-4-5-6-7-8-9-10-11-12-18-22-19-14-17-21(2)16-13-15-20/h3-20H2,1-2H3. The molecule has 0 aliphatic heterocycles. The minimum absolute atomic E-state index is 0.791. The van der Waals surface area contributed by atoms with E-state index in [1.807, 2.05) is 0 Å². The van der Waals surface area contributed by atoms with Crippen LogP contribution in [-0.4, -0.2) is 44.8 Å². The van der Waals surface area contributed by atoms with Gasteiger partial charge < -0.3 is 15.4 Å². The van der Waals surface area contributed by atoms with E-state index in [2.05, 4.69) is 18.9 Å². The molecule has 0 amide bonds. The van der Waals surface area contributed by atoms with E-state index in [1.54, 1.807) is 0 Å². The lowest BCUT2D eigenvalue weighted by molar-refractivity contribution is 0.119. The van der Waals surface area contributed by atoms with E-state index in [0.717, 1.165) is 45.7 Å². The number of nitrogens with two attached hydrogens (primary N) is 1. The fourth-order valence-corrected chi connectivity index (χ4v) is 2.70. The minimum Gasteiger partial charge on any atom is -0.381 e. The summed E-state index contributed by atoms with van der Waals surface area (Å²) in [5.41, 5.74) is 5.51. The Balaban J connectivity index is 3.02. The molecule has 0 spiro atoms. The molecule has 0 radical (unpaired) electrons. The molecule has 3 heteroatoms. The van der Waals surface area contributed by atoms with Crippen molar-refractivity contribution in [2.75, 3.05) is 39.9 Å². The van der Waals surface area contributed by atoms with Gasteiger partial charge in [0.05, 0.1) is 0 Å². The lowest BCUT2D eigenvalue weighted by atomic mass is 10.1. The van der Waals surface area contributed by atoms with Gasteiger partial charge in [-0.15, -0.1) is 0 Å². The maximum Gasteiger partial charge on any atom is 0.0478 e. The van der Waals surface area contributed by atoms with Gasteiger partial charge in [-0.25, -0.2) is 0 Å². The van der Waals surface area contributed by atoms with E-state index in [0.29, 0.717) is 0 Å². The number of hydrogen-bond acceptors (Lipinski definition) is 3. The van der Waals surface area contributed by atoms with Crippen LogP contribution in [-0.2, 0) is 4.74 Å². The van der Waals surface area contributed by atoms with Crippen LogP contribution in [0.1, 0.15) is 84.0 Å². The van der Waals surface area contributed by atoms with E-state index >= 15 is 0 Å². The highest BCUT2D eigenvalue weighted by atomic mass is 16.5. The molecule has 0 aromatic carbocycles. The highest BCUT2D eigenvalue weighted by Gasteiger charge is 1.97. The first-order valence-corrected chi connectivity index (χ1v) is 9.77. The average Bonchev–Trinajstić information content (AvgIpc) is 2.53. The van der Waals surface area contributed by atoms with Crippen molar-refractivity contribution in [3.05, 3.63) is 0 Å². The minimum atomic E-state index is 0.791. The molecule has 0 heterocycles. The molecule has 0 aliphatic carbocycles. The molecule has 0 saturated carbocycles. The van der Waals surface area contributed by atoms with Gasteiger partial charge in [-0.05, 0) is 39.4 Å². The highest BCUT2D eigenvalue weighted by Crippen LogP contribution is 2.10. The second kappa shape index (κ2) is 18.9. The Morgan fingerprint density at radius 2 is 1.18 bits per heavy atom. The number of rotatable bonds is 18. The molecule has 0 fully saturated rings. The summed E-state index contributed by atoms with van der Waals surface area (Å²) in [6, 6.07) is 0. The molecule has 3 nitrogen and oxygen atoms in total. The van der Waals surface area contributed by atoms with Gasteiger partial charge in [-0.2, -0.15) is 0 Å². The largest absolute Gasteiger partial charge is 0.381 e. The Morgan fingerprint density at radius 1 is 0.682 bits per heavy atom. The molecule has 0 bridgehead atoms. The van der Waals surface area contributed by atoms with Crippen molar-refractivity contribution < 1.29 is 4.74 Å². The van der Waals surface area contributed by atoms with Crippen LogP contribution in [0, 0.1) is 0 Å². The number of nitrogens with zero attached hydrogens (tertiary/aromatic N) is 1. The number of unbranched alkanes of at least 4 members (excludes halogenated alkanes) is 9. The molecule has 0 saturated heterocycles. The first kappa shape index (κ1) is 21.9. The van der Waals surface area contributed by atoms with Gasteiger partial charge in [-0.1, -0.05) is 64.7 Å². The van der Waals surface area contributed by atoms with Gasteiger partial charge >= 0.3 is 0 Å². The Bertz CT molecular complexity index is 200. The van der Waals surface area contributed by atoms with Gasteiger partial charge in [0.1, 0.15) is 0 Å². The summed E-state index contributed by atoms with van der Waals surface area (Å²) in [6.45, 7) is 7.15. The van der Waals surface area contributed by atoms with Crippen molar-refractivity contribution in [3.8, 4) is 0 Å². The summed E-state index contributed by atoms with van der Waals surface area (Å²) in [5, 5.41) is 0. The summed E-state index contributed by atoms with van der Waals surface area (Å²) in [4.78, 5) is 2.34. The zero-order valence-corrected chi connectivity index (χ0v) is 15.5. The summed E-state index contributed by atoms with van der Waals surface area (Å²) in [7, 11) is 2.16. The van der Waals surface area contributed by atoms with Gasteiger partial charge in [0.2, 0.25) is 0 Å². The first-order chi connectivity index (χ1) is 10.8. The van der Waals surface area contributed by atoms with Gasteiger partial charge in [0.25, 0.3) is 0 Å². The van der Waals surface area contributed by atoms with E-state index in [1.165, 1.54) is 64.2 Å². The van der Waals surface area contributed by atoms with Gasteiger partial charge in [-0.3, -0.25) is 0 Å². The lowest BCUT2D eigenvalue weighted by Crippen LogP contribution is -2.23. The van der Waals surface area contributed by atoms with Crippen LogP contribution in [0.4, 0.5) is 0 Å². The van der Waals surface area contributed by atoms with Crippen LogP contribution >= 0.6 is 0 Å². The Morgan fingerprint density at radius 3 is 1.77 bits per heavy atom. The summed E-state index contributed by atoms with van der Waals surface area (Å²) >= 11 is 0. The SMILES string of the molecule is CCCCCCCCCCCCOCCCN(C)CCCN. The summed E-state index contributed by atoms with van der Waals surface area (Å²) in [6.07, 6.45) is 16.1. The fraction of sp³-hybridized carbons (Fsp3) is 1.00. The van der Waals surface area contributed by atoms with Crippen LogP contribution in [0.15, 0.2) is 0 Å². The van der Waals surface area contributed by atoms with E-state index in [-0.39, 0.29) is 0 Å². The maximum atomic E-state index is 5.71. The molecule has 0 aromatic rings. The van der Waals surface area contributed by atoms with Crippen molar-refractivity contribution in [2.24, 2.45) is 5.73 Å². The fourth-order valence-electron chi connectivity index (χ4n) is 2.70. The number of hydrogen-bond donors (Lipinski definition) is 1. The first-order valence-electron chi connectivity index (χ1n) is 9.77. The predicted octanol–water partition coefficient (Wildman–Crippen LogP) is 4.59. The second-order valence-electron chi connectivity index (χ2n) is 6.59. The Labute approximate surface area is 140 Å². The third-order valence-corrected chi connectivity index (χ3v) is 4.21. The van der Waals surface area contributed by atoms with Crippen molar-refractivity contribution in [3.63, 3.8) is 0 Å². The molecule has 0 aliphatic rings. The van der Waals surface area contributed by atoms with Crippen LogP contribution in [0.25, 0.3) is 0 Å². The quantitative estimate of drug-likeness (QED) is 0.376. The molecule has 22 heavy (non-hydrogen) atoms. The van der Waals surface area contributed by atoms with E-state index in [4.69, 9.17) is 10.5 Å². The smallest absolute Gasteiger partial charge is 0.0478 e. The van der Waals surface area contributed by atoms with Gasteiger partial charge in [0, 0.05) is 19.8 Å². The van der Waals surface area contributed by atoms with Gasteiger partial charge in [0.15, 0.2) is 0 Å². The maximum absolute atomic E-state index is 5.71. The van der Waals surface area contributed by atoms with Crippen molar-refractivity contribution >= 4 is 0 Å². The lowest BCUT2D eigenvalue weighted by Gasteiger charge is -2.15. The number of ether oxygens (including phenoxy) is 1. The highest BCUT2D eigenvalue weighted by molar-refractivity contribution is 4.52. The predicted molar refractivity (Wildman–Crippen MR) is 98.4 cm³/mol. The van der Waals surface area contributed by atoms with Crippen LogP contribution in [0.2, 0.25) is 0 Å². The van der Waals surface area contributed by atoms with Crippen molar-refractivity contribution in [1.82, 2.24) is 4.90 Å². The normalized spacial score (nSPS) is 11.5. The molecule has 0 rings (SSSR count).